The Morgan fingerprint density at radius 3 is 2.55 bits per heavy atom. The number of benzene rings is 2. The Morgan fingerprint density at radius 2 is 1.90 bits per heavy atom. The molecule has 1 aliphatic carbocycles. The summed E-state index contributed by atoms with van der Waals surface area (Å²) in [5, 5.41) is 0.0890. The number of methoxy groups -OCH3 is 1. The lowest BCUT2D eigenvalue weighted by Gasteiger charge is -2.14. The summed E-state index contributed by atoms with van der Waals surface area (Å²) in [6.45, 7) is 2.10. The maximum atomic E-state index is 6.71. The molecule has 0 aliphatic heterocycles. The first-order valence-electron chi connectivity index (χ1n) is 7.04. The molecule has 104 valence electrons. The summed E-state index contributed by atoms with van der Waals surface area (Å²) in [5.41, 5.74) is 3.85. The Bertz CT molecular complexity index is 594. The number of aryl methyl sites for hydroxylation is 1. The number of halogens is 1. The van der Waals surface area contributed by atoms with Crippen LogP contribution in [-0.2, 0) is 0 Å². The number of hydrogen-bond acceptors (Lipinski definition) is 1. The van der Waals surface area contributed by atoms with Gasteiger partial charge in [0.15, 0.2) is 0 Å². The number of rotatable bonds is 4. The maximum Gasteiger partial charge on any atom is 0.119 e. The van der Waals surface area contributed by atoms with Crippen molar-refractivity contribution < 1.29 is 4.74 Å². The van der Waals surface area contributed by atoms with E-state index < -0.39 is 0 Å². The van der Waals surface area contributed by atoms with Gasteiger partial charge in [0.05, 0.1) is 12.5 Å². The molecule has 0 saturated heterocycles. The second kappa shape index (κ2) is 5.49. The van der Waals surface area contributed by atoms with E-state index in [-0.39, 0.29) is 5.38 Å². The van der Waals surface area contributed by atoms with Crippen LogP contribution in [0.1, 0.15) is 34.4 Å². The van der Waals surface area contributed by atoms with Gasteiger partial charge in [0.1, 0.15) is 5.75 Å². The highest BCUT2D eigenvalue weighted by molar-refractivity contribution is 6.21. The van der Waals surface area contributed by atoms with Crippen molar-refractivity contribution >= 4 is 11.6 Å². The molecule has 0 bridgehead atoms. The fourth-order valence-corrected chi connectivity index (χ4v) is 3.46. The third kappa shape index (κ3) is 2.55. The molecule has 0 heterocycles. The van der Waals surface area contributed by atoms with Gasteiger partial charge >= 0.3 is 0 Å². The molecule has 2 heteroatoms. The average molecular weight is 287 g/mol. The van der Waals surface area contributed by atoms with E-state index in [0.717, 1.165) is 5.75 Å². The molecule has 1 fully saturated rings. The van der Waals surface area contributed by atoms with Crippen molar-refractivity contribution in [3.8, 4) is 5.75 Å². The molecule has 3 rings (SSSR count). The summed E-state index contributed by atoms with van der Waals surface area (Å²) in [6.07, 6.45) is 1.18. The molecule has 3 unspecified atom stereocenters. The van der Waals surface area contributed by atoms with Crippen LogP contribution < -0.4 is 4.74 Å². The molecule has 2 aromatic carbocycles. The summed E-state index contributed by atoms with van der Waals surface area (Å²) in [7, 11) is 1.69. The first-order chi connectivity index (χ1) is 9.70. The van der Waals surface area contributed by atoms with E-state index in [9.17, 15) is 0 Å². The monoisotopic (exact) mass is 286 g/mol. The van der Waals surface area contributed by atoms with Crippen LogP contribution in [0.5, 0.6) is 5.75 Å². The van der Waals surface area contributed by atoms with Gasteiger partial charge in [-0.2, -0.15) is 0 Å². The van der Waals surface area contributed by atoms with Gasteiger partial charge in [-0.3, -0.25) is 0 Å². The average Bonchev–Trinajstić information content (AvgIpc) is 3.28. The van der Waals surface area contributed by atoms with Crippen molar-refractivity contribution in [1.82, 2.24) is 0 Å². The van der Waals surface area contributed by atoms with Crippen LogP contribution in [0.2, 0.25) is 0 Å². The zero-order valence-corrected chi connectivity index (χ0v) is 12.6. The quantitative estimate of drug-likeness (QED) is 0.712. The van der Waals surface area contributed by atoms with Crippen LogP contribution in [0.4, 0.5) is 0 Å². The van der Waals surface area contributed by atoms with E-state index in [4.69, 9.17) is 16.3 Å². The SMILES string of the molecule is COc1ccc(C(Cl)C2CC2c2ccccc2)c(C)c1. The largest absolute Gasteiger partial charge is 0.497 e. The smallest absolute Gasteiger partial charge is 0.119 e. The molecule has 0 aromatic heterocycles. The summed E-state index contributed by atoms with van der Waals surface area (Å²) in [4.78, 5) is 0. The number of hydrogen-bond donors (Lipinski definition) is 0. The molecule has 2 aromatic rings. The Kier molecular flexibility index (Phi) is 3.71. The van der Waals surface area contributed by atoms with Crippen molar-refractivity contribution in [1.29, 1.82) is 0 Å². The van der Waals surface area contributed by atoms with Crippen LogP contribution in [0, 0.1) is 12.8 Å². The molecule has 0 spiro atoms. The van der Waals surface area contributed by atoms with E-state index in [1.165, 1.54) is 23.1 Å². The predicted octanol–water partition coefficient (Wildman–Crippen LogP) is 5.09. The molecular formula is C18H19ClO. The molecule has 1 aliphatic rings. The minimum atomic E-state index is 0.0890. The van der Waals surface area contributed by atoms with Crippen molar-refractivity contribution in [2.24, 2.45) is 5.92 Å². The maximum absolute atomic E-state index is 6.71. The van der Waals surface area contributed by atoms with E-state index in [0.29, 0.717) is 11.8 Å². The van der Waals surface area contributed by atoms with Crippen molar-refractivity contribution in [3.63, 3.8) is 0 Å². The third-order valence-corrected chi connectivity index (χ3v) is 4.78. The van der Waals surface area contributed by atoms with E-state index >= 15 is 0 Å². The van der Waals surface area contributed by atoms with Gasteiger partial charge in [-0.15, -0.1) is 11.6 Å². The van der Waals surface area contributed by atoms with E-state index in [1.807, 2.05) is 6.07 Å². The van der Waals surface area contributed by atoms with Crippen molar-refractivity contribution in [2.75, 3.05) is 7.11 Å². The highest BCUT2D eigenvalue weighted by atomic mass is 35.5. The van der Waals surface area contributed by atoms with E-state index in [2.05, 4.69) is 49.4 Å². The lowest BCUT2D eigenvalue weighted by atomic mass is 9.99. The van der Waals surface area contributed by atoms with Crippen LogP contribution in [-0.4, -0.2) is 7.11 Å². The van der Waals surface area contributed by atoms with Gasteiger partial charge in [-0.1, -0.05) is 36.4 Å². The molecule has 0 N–H and O–H groups in total. The van der Waals surface area contributed by atoms with Crippen molar-refractivity contribution in [3.05, 3.63) is 65.2 Å². The third-order valence-electron chi connectivity index (χ3n) is 4.22. The standard InChI is InChI=1S/C18H19ClO/c1-12-10-14(20-2)8-9-15(12)18(19)17-11-16(17)13-6-4-3-5-7-13/h3-10,16-18H,11H2,1-2H3. The Labute approximate surface area is 125 Å². The molecular weight excluding hydrogens is 268 g/mol. The fraction of sp³-hybridized carbons (Fsp3) is 0.333. The second-order valence-electron chi connectivity index (χ2n) is 5.54. The van der Waals surface area contributed by atoms with Gasteiger partial charge in [0, 0.05) is 0 Å². The summed E-state index contributed by atoms with van der Waals surface area (Å²) in [6, 6.07) is 16.8. The molecule has 20 heavy (non-hydrogen) atoms. The van der Waals surface area contributed by atoms with Gasteiger partial charge in [0.25, 0.3) is 0 Å². The van der Waals surface area contributed by atoms with Gasteiger partial charge in [-0.05, 0) is 54.0 Å². The highest BCUT2D eigenvalue weighted by Crippen LogP contribution is 2.56. The van der Waals surface area contributed by atoms with Crippen LogP contribution in [0.25, 0.3) is 0 Å². The number of ether oxygens (including phenoxy) is 1. The Morgan fingerprint density at radius 1 is 1.15 bits per heavy atom. The first kappa shape index (κ1) is 13.5. The van der Waals surface area contributed by atoms with E-state index in [1.54, 1.807) is 7.11 Å². The van der Waals surface area contributed by atoms with Crippen LogP contribution in [0.15, 0.2) is 48.5 Å². The zero-order chi connectivity index (χ0) is 14.1. The van der Waals surface area contributed by atoms with Gasteiger partial charge < -0.3 is 4.74 Å². The molecule has 3 atom stereocenters. The first-order valence-corrected chi connectivity index (χ1v) is 7.48. The summed E-state index contributed by atoms with van der Waals surface area (Å²) in [5.74, 6) is 2.05. The minimum Gasteiger partial charge on any atom is -0.497 e. The van der Waals surface area contributed by atoms with Crippen molar-refractivity contribution in [2.45, 2.75) is 24.6 Å². The Hall–Kier alpha value is -1.47. The number of alkyl halides is 1. The topological polar surface area (TPSA) is 9.23 Å². The van der Waals surface area contributed by atoms with Gasteiger partial charge in [0.2, 0.25) is 0 Å². The minimum absolute atomic E-state index is 0.0890. The zero-order valence-electron chi connectivity index (χ0n) is 11.8. The molecule has 1 saturated carbocycles. The lowest BCUT2D eigenvalue weighted by molar-refractivity contribution is 0.414. The van der Waals surface area contributed by atoms with Crippen LogP contribution in [0.3, 0.4) is 0 Å². The van der Waals surface area contributed by atoms with Crippen LogP contribution >= 0.6 is 11.6 Å². The summed E-state index contributed by atoms with van der Waals surface area (Å²) >= 11 is 6.71. The predicted molar refractivity (Wildman–Crippen MR) is 83.6 cm³/mol. The fourth-order valence-electron chi connectivity index (χ4n) is 2.94. The molecule has 0 amide bonds. The normalized spacial score (nSPS) is 22.4. The Balaban J connectivity index is 1.76. The lowest BCUT2D eigenvalue weighted by Crippen LogP contribution is -1.98. The highest BCUT2D eigenvalue weighted by Gasteiger charge is 2.43. The summed E-state index contributed by atoms with van der Waals surface area (Å²) < 4.78 is 5.25. The van der Waals surface area contributed by atoms with Gasteiger partial charge in [-0.25, -0.2) is 0 Å². The molecule has 1 nitrogen and oxygen atoms in total. The second-order valence-corrected chi connectivity index (χ2v) is 6.01. The molecule has 0 radical (unpaired) electrons.